The first kappa shape index (κ1) is 22.5. The molecule has 1 aliphatic rings. The van der Waals surface area contributed by atoms with Gasteiger partial charge in [0.25, 0.3) is 11.8 Å². The predicted molar refractivity (Wildman–Crippen MR) is 142 cm³/mol. The lowest BCUT2D eigenvalue weighted by molar-refractivity contribution is 0.0736. The molecule has 6 nitrogen and oxygen atoms in total. The van der Waals surface area contributed by atoms with Gasteiger partial charge in [0.1, 0.15) is 0 Å². The van der Waals surface area contributed by atoms with Gasteiger partial charge in [0, 0.05) is 56.8 Å². The fourth-order valence-electron chi connectivity index (χ4n) is 5.03. The molecule has 3 N–H and O–H groups in total. The molecule has 0 aliphatic carbocycles. The minimum Gasteiger partial charge on any atom is -0.360 e. The first-order chi connectivity index (χ1) is 17.4. The third-order valence-corrected chi connectivity index (χ3v) is 7.29. The number of aromatic nitrogens is 2. The smallest absolute Gasteiger partial charge is 0.256 e. The number of carbonyl (C=O) groups excluding carboxylic acids is 2. The predicted octanol–water partition coefficient (Wildman–Crippen LogP) is 6.31. The van der Waals surface area contributed by atoms with Crippen LogP contribution in [0.4, 0.5) is 10.1 Å². The van der Waals surface area contributed by atoms with Crippen molar-refractivity contribution in [3.63, 3.8) is 0 Å². The Balaban J connectivity index is 1.25. The van der Waals surface area contributed by atoms with Crippen LogP contribution < -0.4 is 5.32 Å². The third-order valence-electron chi connectivity index (χ3n) is 6.79. The first-order valence-corrected chi connectivity index (χ1v) is 12.4. The Labute approximate surface area is 214 Å². The van der Waals surface area contributed by atoms with E-state index in [2.05, 4.69) is 31.2 Å². The molecule has 0 unspecified atom stereocenters. The lowest BCUT2D eigenvalue weighted by Gasteiger charge is -2.30. The van der Waals surface area contributed by atoms with Crippen LogP contribution in [0.5, 0.6) is 0 Å². The van der Waals surface area contributed by atoms with Gasteiger partial charge in [-0.2, -0.15) is 0 Å². The van der Waals surface area contributed by atoms with Crippen LogP contribution in [0.25, 0.3) is 21.8 Å². The SMILES string of the molecule is Cc1cc2c(F)c(NC(=O)c3cccc4c3CCN(C(=O)c3c[nH]c5ccc(Br)cc35)C4)ccc2[nH]1. The van der Waals surface area contributed by atoms with E-state index < -0.39 is 5.82 Å². The highest BCUT2D eigenvalue weighted by atomic mass is 79.9. The Hall–Kier alpha value is -3.91. The highest BCUT2D eigenvalue weighted by Gasteiger charge is 2.27. The number of H-pyrrole nitrogens is 2. The van der Waals surface area contributed by atoms with Crippen LogP contribution >= 0.6 is 15.9 Å². The van der Waals surface area contributed by atoms with E-state index in [1.54, 1.807) is 41.4 Å². The average Bonchev–Trinajstić information content (AvgIpc) is 3.47. The number of anilines is 1. The summed E-state index contributed by atoms with van der Waals surface area (Å²) >= 11 is 3.48. The molecule has 36 heavy (non-hydrogen) atoms. The Kier molecular flexibility index (Phi) is 5.41. The Morgan fingerprint density at radius 1 is 1.03 bits per heavy atom. The molecule has 0 saturated heterocycles. The fraction of sp³-hybridized carbons (Fsp3) is 0.143. The van der Waals surface area contributed by atoms with E-state index in [0.29, 0.717) is 41.5 Å². The van der Waals surface area contributed by atoms with E-state index >= 15 is 4.39 Å². The molecule has 0 bridgehead atoms. The van der Waals surface area contributed by atoms with Gasteiger partial charge in [0.2, 0.25) is 0 Å². The topological polar surface area (TPSA) is 81.0 Å². The molecule has 0 fully saturated rings. The largest absolute Gasteiger partial charge is 0.360 e. The first-order valence-electron chi connectivity index (χ1n) is 11.6. The second kappa shape index (κ2) is 8.64. The fourth-order valence-corrected chi connectivity index (χ4v) is 5.39. The summed E-state index contributed by atoms with van der Waals surface area (Å²) in [4.78, 5) is 34.6. The average molecular weight is 545 g/mol. The minimum absolute atomic E-state index is 0.0583. The summed E-state index contributed by atoms with van der Waals surface area (Å²) in [5.74, 6) is -0.882. The Morgan fingerprint density at radius 2 is 1.86 bits per heavy atom. The van der Waals surface area contributed by atoms with Crippen LogP contribution in [0, 0.1) is 12.7 Å². The van der Waals surface area contributed by atoms with Crippen LogP contribution in [0.15, 0.2) is 65.3 Å². The summed E-state index contributed by atoms with van der Waals surface area (Å²) < 4.78 is 15.9. The summed E-state index contributed by atoms with van der Waals surface area (Å²) in [5, 5.41) is 4.05. The quantitative estimate of drug-likeness (QED) is 0.249. The lowest BCUT2D eigenvalue weighted by atomic mass is 9.93. The summed E-state index contributed by atoms with van der Waals surface area (Å²) in [6.45, 7) is 2.75. The molecule has 0 saturated carbocycles. The number of aromatic amines is 2. The molecule has 0 radical (unpaired) electrons. The number of fused-ring (bicyclic) bond motifs is 3. The highest BCUT2D eigenvalue weighted by molar-refractivity contribution is 9.10. The molecule has 6 rings (SSSR count). The zero-order valence-electron chi connectivity index (χ0n) is 19.4. The van der Waals surface area contributed by atoms with Gasteiger partial charge in [0.15, 0.2) is 5.82 Å². The maximum Gasteiger partial charge on any atom is 0.256 e. The van der Waals surface area contributed by atoms with Gasteiger partial charge < -0.3 is 20.2 Å². The maximum absolute atomic E-state index is 15.0. The normalized spacial score (nSPS) is 13.2. The van der Waals surface area contributed by atoms with Gasteiger partial charge in [-0.05, 0) is 66.9 Å². The second-order valence-electron chi connectivity index (χ2n) is 9.11. The second-order valence-corrected chi connectivity index (χ2v) is 10.0. The molecule has 1 aliphatic heterocycles. The number of nitrogens with zero attached hydrogens (tertiary/aromatic N) is 1. The number of amides is 2. The molecular weight excluding hydrogens is 523 g/mol. The zero-order chi connectivity index (χ0) is 25.0. The zero-order valence-corrected chi connectivity index (χ0v) is 21.0. The Morgan fingerprint density at radius 3 is 2.72 bits per heavy atom. The molecule has 2 amide bonds. The lowest BCUT2D eigenvalue weighted by Crippen LogP contribution is -2.36. The standard InChI is InChI=1S/C28H22BrFN4O2/c1-15-11-21-24(32-15)7-8-25(26(21)30)33-27(35)19-4-2-3-16-14-34(10-9-18(16)19)28(36)22-13-31-23-6-5-17(29)12-20(22)23/h2-8,11-13,31-32H,9-10,14H2,1H3,(H,33,35). The number of halogens is 2. The van der Waals surface area contributed by atoms with E-state index in [1.807, 2.05) is 31.2 Å². The van der Waals surface area contributed by atoms with Crippen molar-refractivity contribution in [1.29, 1.82) is 0 Å². The molecule has 180 valence electrons. The molecular formula is C28H22BrFN4O2. The van der Waals surface area contributed by atoms with Crippen LogP contribution in [0.2, 0.25) is 0 Å². The van der Waals surface area contributed by atoms with Crippen LogP contribution in [-0.2, 0) is 13.0 Å². The van der Waals surface area contributed by atoms with Crippen LogP contribution in [0.3, 0.4) is 0 Å². The van der Waals surface area contributed by atoms with Gasteiger partial charge >= 0.3 is 0 Å². The maximum atomic E-state index is 15.0. The number of aryl methyl sites for hydroxylation is 1. The van der Waals surface area contributed by atoms with E-state index in [9.17, 15) is 9.59 Å². The van der Waals surface area contributed by atoms with Gasteiger partial charge in [-0.1, -0.05) is 28.1 Å². The van der Waals surface area contributed by atoms with Crippen molar-refractivity contribution in [2.24, 2.45) is 0 Å². The third kappa shape index (κ3) is 3.78. The molecule has 3 heterocycles. The van der Waals surface area contributed by atoms with Crippen molar-refractivity contribution in [2.75, 3.05) is 11.9 Å². The molecule has 2 aromatic heterocycles. The highest BCUT2D eigenvalue weighted by Crippen LogP contribution is 2.29. The molecule has 8 heteroatoms. The summed E-state index contributed by atoms with van der Waals surface area (Å²) in [6.07, 6.45) is 2.28. The number of carbonyl (C=O) groups is 2. The van der Waals surface area contributed by atoms with Crippen LogP contribution in [-0.4, -0.2) is 33.2 Å². The monoisotopic (exact) mass is 544 g/mol. The molecule has 0 spiro atoms. The van der Waals surface area contributed by atoms with Crippen molar-refractivity contribution < 1.29 is 14.0 Å². The van der Waals surface area contributed by atoms with E-state index in [-0.39, 0.29) is 17.5 Å². The van der Waals surface area contributed by atoms with Crippen molar-refractivity contribution in [2.45, 2.75) is 19.9 Å². The number of benzene rings is 3. The van der Waals surface area contributed by atoms with E-state index in [4.69, 9.17) is 0 Å². The molecule has 3 aromatic carbocycles. The number of hydrogen-bond donors (Lipinski definition) is 3. The Bertz CT molecular complexity index is 1690. The summed E-state index contributed by atoms with van der Waals surface area (Å²) in [7, 11) is 0. The van der Waals surface area contributed by atoms with Gasteiger partial charge in [-0.3, -0.25) is 9.59 Å². The van der Waals surface area contributed by atoms with Crippen molar-refractivity contribution in [3.05, 3.63) is 99.0 Å². The number of rotatable bonds is 3. The van der Waals surface area contributed by atoms with Crippen molar-refractivity contribution in [3.8, 4) is 0 Å². The van der Waals surface area contributed by atoms with Gasteiger partial charge in [-0.25, -0.2) is 4.39 Å². The number of hydrogen-bond acceptors (Lipinski definition) is 2. The van der Waals surface area contributed by atoms with Crippen LogP contribution in [0.1, 0.15) is 37.5 Å². The minimum atomic E-state index is -0.461. The molecule has 0 atom stereocenters. The van der Waals surface area contributed by atoms with E-state index in [1.165, 1.54) is 0 Å². The molecule has 5 aromatic rings. The summed E-state index contributed by atoms with van der Waals surface area (Å²) in [6, 6.07) is 16.3. The van der Waals surface area contributed by atoms with Crippen molar-refractivity contribution in [1.82, 2.24) is 14.9 Å². The van der Waals surface area contributed by atoms with E-state index in [0.717, 1.165) is 32.2 Å². The number of nitrogens with one attached hydrogen (secondary N) is 3. The summed E-state index contributed by atoms with van der Waals surface area (Å²) in [5.41, 5.74) is 5.51. The van der Waals surface area contributed by atoms with Gasteiger partial charge in [0.05, 0.1) is 11.3 Å². The van der Waals surface area contributed by atoms with Crippen molar-refractivity contribution >= 4 is 55.2 Å². The van der Waals surface area contributed by atoms with Gasteiger partial charge in [-0.15, -0.1) is 0 Å².